The standard InChI is InChI=1S/C14H15F3O4/c1-3-21-13(19)11(12(18)14(15,16)17)8-9-4-6-10(20-2)7-5-9/h4-7,11H,3,8H2,1-2H3. The summed E-state index contributed by atoms with van der Waals surface area (Å²) in [4.78, 5) is 22.9. The Bertz CT molecular complexity index is 494. The van der Waals surface area contributed by atoms with Crippen LogP contribution in [0.4, 0.5) is 13.2 Å². The molecule has 7 heteroatoms. The second-order valence-corrected chi connectivity index (χ2v) is 4.22. The van der Waals surface area contributed by atoms with Crippen molar-refractivity contribution in [2.75, 3.05) is 13.7 Å². The van der Waals surface area contributed by atoms with Crippen LogP contribution in [0.5, 0.6) is 5.75 Å². The molecule has 0 saturated carbocycles. The van der Waals surface area contributed by atoms with Gasteiger partial charge in [0.15, 0.2) is 0 Å². The van der Waals surface area contributed by atoms with Crippen LogP contribution in [-0.2, 0) is 20.7 Å². The fourth-order valence-electron chi connectivity index (χ4n) is 1.72. The Kier molecular flexibility index (Phi) is 5.75. The van der Waals surface area contributed by atoms with Crippen molar-refractivity contribution in [3.63, 3.8) is 0 Å². The molecule has 1 aromatic carbocycles. The molecule has 0 fully saturated rings. The van der Waals surface area contributed by atoms with Gasteiger partial charge in [-0.25, -0.2) is 0 Å². The Balaban J connectivity index is 2.95. The summed E-state index contributed by atoms with van der Waals surface area (Å²) in [6, 6.07) is 6.06. The second kappa shape index (κ2) is 7.10. The molecule has 0 N–H and O–H groups in total. The number of ether oxygens (including phenoxy) is 2. The van der Waals surface area contributed by atoms with Gasteiger partial charge in [0, 0.05) is 0 Å². The van der Waals surface area contributed by atoms with Crippen LogP contribution in [0.25, 0.3) is 0 Å². The zero-order valence-corrected chi connectivity index (χ0v) is 11.6. The summed E-state index contributed by atoms with van der Waals surface area (Å²) in [5.74, 6) is -4.64. The van der Waals surface area contributed by atoms with Crippen LogP contribution in [0.2, 0.25) is 0 Å². The van der Waals surface area contributed by atoms with Crippen LogP contribution in [-0.4, -0.2) is 31.6 Å². The molecule has 21 heavy (non-hydrogen) atoms. The summed E-state index contributed by atoms with van der Waals surface area (Å²) in [6.45, 7) is 1.36. The number of alkyl halides is 3. The molecule has 0 aliphatic carbocycles. The number of Topliss-reactive ketones (excluding diaryl/α,β-unsaturated/α-hetero) is 1. The van der Waals surface area contributed by atoms with Gasteiger partial charge in [-0.1, -0.05) is 12.1 Å². The lowest BCUT2D eigenvalue weighted by Gasteiger charge is -2.16. The molecule has 0 spiro atoms. The van der Waals surface area contributed by atoms with Gasteiger partial charge in [0.25, 0.3) is 5.78 Å². The van der Waals surface area contributed by atoms with Crippen molar-refractivity contribution in [3.8, 4) is 5.75 Å². The van der Waals surface area contributed by atoms with Crippen LogP contribution in [0.1, 0.15) is 12.5 Å². The van der Waals surface area contributed by atoms with Gasteiger partial charge in [-0.3, -0.25) is 9.59 Å². The third-order valence-corrected chi connectivity index (χ3v) is 2.77. The topological polar surface area (TPSA) is 52.6 Å². The smallest absolute Gasteiger partial charge is 0.450 e. The normalized spacial score (nSPS) is 12.6. The van der Waals surface area contributed by atoms with E-state index in [0.29, 0.717) is 11.3 Å². The highest BCUT2D eigenvalue weighted by molar-refractivity contribution is 6.02. The maximum absolute atomic E-state index is 12.5. The number of carbonyl (C=O) groups excluding carboxylic acids is 2. The average molecular weight is 304 g/mol. The van der Waals surface area contributed by atoms with Crippen LogP contribution >= 0.6 is 0 Å². The highest BCUT2D eigenvalue weighted by Crippen LogP contribution is 2.25. The summed E-state index contributed by atoms with van der Waals surface area (Å²) >= 11 is 0. The highest BCUT2D eigenvalue weighted by atomic mass is 19.4. The lowest BCUT2D eigenvalue weighted by Crippen LogP contribution is -2.37. The first kappa shape index (κ1) is 17.0. The van der Waals surface area contributed by atoms with Crippen LogP contribution in [0.3, 0.4) is 0 Å². The molecule has 1 rings (SSSR count). The van der Waals surface area contributed by atoms with E-state index in [2.05, 4.69) is 4.74 Å². The van der Waals surface area contributed by atoms with E-state index in [9.17, 15) is 22.8 Å². The molecule has 0 heterocycles. The zero-order chi connectivity index (χ0) is 16.0. The average Bonchev–Trinajstić information content (AvgIpc) is 2.44. The molecule has 116 valence electrons. The molecule has 1 unspecified atom stereocenters. The number of hydrogen-bond donors (Lipinski definition) is 0. The van der Waals surface area contributed by atoms with E-state index in [1.165, 1.54) is 38.3 Å². The van der Waals surface area contributed by atoms with Crippen LogP contribution in [0.15, 0.2) is 24.3 Å². The Labute approximate surface area is 119 Å². The minimum atomic E-state index is -5.08. The quantitative estimate of drug-likeness (QED) is 0.598. The van der Waals surface area contributed by atoms with Gasteiger partial charge in [0.2, 0.25) is 0 Å². The van der Waals surface area contributed by atoms with Crippen molar-refractivity contribution in [3.05, 3.63) is 29.8 Å². The van der Waals surface area contributed by atoms with Crippen LogP contribution < -0.4 is 4.74 Å². The minimum absolute atomic E-state index is 0.0942. The predicted octanol–water partition coefficient (Wildman–Crippen LogP) is 2.55. The largest absolute Gasteiger partial charge is 0.497 e. The van der Waals surface area contributed by atoms with E-state index in [0.717, 1.165) is 0 Å². The Morgan fingerprint density at radius 2 is 1.76 bits per heavy atom. The zero-order valence-electron chi connectivity index (χ0n) is 11.6. The first-order chi connectivity index (χ1) is 9.79. The molecule has 0 aliphatic rings. The van der Waals surface area contributed by atoms with E-state index in [4.69, 9.17) is 4.74 Å². The number of rotatable bonds is 6. The number of ketones is 1. The van der Waals surface area contributed by atoms with Crippen molar-refractivity contribution in [1.29, 1.82) is 0 Å². The second-order valence-electron chi connectivity index (χ2n) is 4.22. The maximum Gasteiger partial charge on any atom is 0.450 e. The molecule has 0 bridgehead atoms. The summed E-state index contributed by atoms with van der Waals surface area (Å²) < 4.78 is 47.1. The lowest BCUT2D eigenvalue weighted by atomic mass is 9.95. The molecule has 0 aliphatic heterocycles. The van der Waals surface area contributed by atoms with E-state index < -0.39 is 23.8 Å². The third kappa shape index (κ3) is 4.77. The molecule has 1 aromatic rings. The molecular weight excluding hydrogens is 289 g/mol. The van der Waals surface area contributed by atoms with Gasteiger partial charge in [0.05, 0.1) is 13.7 Å². The van der Waals surface area contributed by atoms with Crippen molar-refractivity contribution < 1.29 is 32.2 Å². The number of methoxy groups -OCH3 is 1. The maximum atomic E-state index is 12.5. The summed E-state index contributed by atoms with van der Waals surface area (Å²) in [6.07, 6.45) is -5.45. The minimum Gasteiger partial charge on any atom is -0.497 e. The Hall–Kier alpha value is -2.05. The molecule has 1 atom stereocenters. The van der Waals surface area contributed by atoms with E-state index in [1.54, 1.807) is 0 Å². The third-order valence-electron chi connectivity index (χ3n) is 2.77. The first-order valence-corrected chi connectivity index (χ1v) is 6.20. The fourth-order valence-corrected chi connectivity index (χ4v) is 1.72. The highest BCUT2D eigenvalue weighted by Gasteiger charge is 2.46. The van der Waals surface area contributed by atoms with Crippen molar-refractivity contribution in [1.82, 2.24) is 0 Å². The van der Waals surface area contributed by atoms with Gasteiger partial charge >= 0.3 is 12.1 Å². The fraction of sp³-hybridized carbons (Fsp3) is 0.429. The summed E-state index contributed by atoms with van der Waals surface area (Å²) in [7, 11) is 1.45. The lowest BCUT2D eigenvalue weighted by molar-refractivity contribution is -0.180. The number of esters is 1. The van der Waals surface area contributed by atoms with Gasteiger partial charge in [-0.2, -0.15) is 13.2 Å². The Morgan fingerprint density at radius 1 is 1.19 bits per heavy atom. The predicted molar refractivity (Wildman–Crippen MR) is 67.9 cm³/mol. The van der Waals surface area contributed by atoms with E-state index in [1.807, 2.05) is 0 Å². The van der Waals surface area contributed by atoms with Crippen LogP contribution in [0, 0.1) is 5.92 Å². The van der Waals surface area contributed by atoms with Gasteiger partial charge < -0.3 is 9.47 Å². The van der Waals surface area contributed by atoms with E-state index in [-0.39, 0.29) is 13.0 Å². The Morgan fingerprint density at radius 3 is 2.19 bits per heavy atom. The van der Waals surface area contributed by atoms with Gasteiger partial charge in [-0.05, 0) is 31.0 Å². The van der Waals surface area contributed by atoms with Gasteiger partial charge in [-0.15, -0.1) is 0 Å². The summed E-state index contributed by atoms with van der Waals surface area (Å²) in [5.41, 5.74) is 0.409. The first-order valence-electron chi connectivity index (χ1n) is 6.20. The number of benzene rings is 1. The molecular formula is C14H15F3O4. The molecule has 0 saturated heterocycles. The number of halogens is 3. The number of hydrogen-bond acceptors (Lipinski definition) is 4. The van der Waals surface area contributed by atoms with E-state index >= 15 is 0 Å². The van der Waals surface area contributed by atoms with Gasteiger partial charge in [0.1, 0.15) is 11.7 Å². The molecule has 0 radical (unpaired) electrons. The molecule has 4 nitrogen and oxygen atoms in total. The molecule has 0 amide bonds. The van der Waals surface area contributed by atoms with Crippen molar-refractivity contribution >= 4 is 11.8 Å². The SMILES string of the molecule is CCOC(=O)C(Cc1ccc(OC)cc1)C(=O)C(F)(F)F. The summed E-state index contributed by atoms with van der Waals surface area (Å²) in [5, 5.41) is 0. The molecule has 0 aromatic heterocycles. The monoisotopic (exact) mass is 304 g/mol. The van der Waals surface area contributed by atoms with Crippen molar-refractivity contribution in [2.45, 2.75) is 19.5 Å². The number of carbonyl (C=O) groups is 2. The van der Waals surface area contributed by atoms with Crippen molar-refractivity contribution in [2.24, 2.45) is 5.92 Å².